The van der Waals surface area contributed by atoms with Crippen LogP contribution in [0, 0.1) is 0 Å². The molecule has 7 aromatic carbocycles. The van der Waals surface area contributed by atoms with Crippen molar-refractivity contribution in [2.75, 3.05) is 0 Å². The molecule has 4 nitrogen and oxygen atoms in total. The highest BCUT2D eigenvalue weighted by Crippen LogP contribution is 2.51. The molecule has 0 bridgehead atoms. The molecule has 0 fully saturated rings. The molecule has 0 aliphatic heterocycles. The van der Waals surface area contributed by atoms with E-state index < -0.39 is 0 Å². The lowest BCUT2D eigenvalue weighted by atomic mass is 9.56. The summed E-state index contributed by atoms with van der Waals surface area (Å²) in [6, 6.07) is 29.3. The first-order valence-electron chi connectivity index (χ1n) is 20.7. The van der Waals surface area contributed by atoms with E-state index in [4.69, 9.17) is 125 Å². The highest BCUT2D eigenvalue weighted by atomic mass is 15.0. The van der Waals surface area contributed by atoms with Gasteiger partial charge >= 0.3 is 0 Å². The maximum absolute atomic E-state index is 6.87. The van der Waals surface area contributed by atoms with Crippen LogP contribution in [0.15, 0.2) is 84.9 Å². The minimum absolute atomic E-state index is 0.00292. The van der Waals surface area contributed by atoms with Crippen LogP contribution in [0.1, 0.15) is 25.0 Å². The number of nitrogens with zero attached hydrogens (tertiary/aromatic N) is 4. The molecular formula is C48H20B14N4. The van der Waals surface area contributed by atoms with Gasteiger partial charge in [-0.05, 0) is 63.7 Å². The molecule has 2 heterocycles. The largest absolute Gasteiger partial charge is 0.309 e. The van der Waals surface area contributed by atoms with Gasteiger partial charge in [0, 0.05) is 38.6 Å². The summed E-state index contributed by atoms with van der Waals surface area (Å²) in [5.41, 5.74) is 8.01. The molecule has 18 heteroatoms. The third kappa shape index (κ3) is 6.29. The Morgan fingerprint density at radius 1 is 0.364 bits per heavy atom. The van der Waals surface area contributed by atoms with Crippen molar-refractivity contribution in [1.82, 2.24) is 19.5 Å². The predicted molar refractivity (Wildman–Crippen MR) is 289 cm³/mol. The molecule has 0 unspecified atom stereocenters. The Bertz CT molecular complexity index is 3550. The summed E-state index contributed by atoms with van der Waals surface area (Å²) >= 11 is 0. The maximum Gasteiger partial charge on any atom is 0.164 e. The van der Waals surface area contributed by atoms with Crippen molar-refractivity contribution in [2.45, 2.75) is 19.3 Å². The molecule has 66 heavy (non-hydrogen) atoms. The zero-order chi connectivity index (χ0) is 47.0. The van der Waals surface area contributed by atoms with Crippen molar-refractivity contribution >= 4 is 208 Å². The van der Waals surface area contributed by atoms with Crippen molar-refractivity contribution in [3.8, 4) is 62.1 Å². The number of aromatic nitrogens is 4. The molecule has 28 radical (unpaired) electrons. The van der Waals surface area contributed by atoms with Crippen LogP contribution in [0.4, 0.5) is 0 Å². The van der Waals surface area contributed by atoms with E-state index in [0.29, 0.717) is 5.56 Å². The van der Waals surface area contributed by atoms with Gasteiger partial charge in [0.25, 0.3) is 0 Å². The van der Waals surface area contributed by atoms with Gasteiger partial charge in [-0.2, -0.15) is 0 Å². The number of benzene rings is 7. The van der Waals surface area contributed by atoms with E-state index in [-0.39, 0.29) is 122 Å². The van der Waals surface area contributed by atoms with E-state index in [1.54, 1.807) is 0 Å². The first-order valence-corrected chi connectivity index (χ1v) is 20.7. The minimum atomic E-state index is -0.233. The average Bonchev–Trinajstić information content (AvgIpc) is 3.76. The highest BCUT2D eigenvalue weighted by molar-refractivity contribution is 6.71. The summed E-state index contributed by atoms with van der Waals surface area (Å²) in [5.74, 6) is 0.0747. The van der Waals surface area contributed by atoms with Gasteiger partial charge in [0.15, 0.2) is 17.5 Å². The Morgan fingerprint density at radius 2 is 0.818 bits per heavy atom. The quantitative estimate of drug-likeness (QED) is 0.164. The van der Waals surface area contributed by atoms with Gasteiger partial charge in [0.05, 0.1) is 11.0 Å². The summed E-state index contributed by atoms with van der Waals surface area (Å²) in [7, 11) is 90.9. The lowest BCUT2D eigenvalue weighted by molar-refractivity contribution is 0.661. The van der Waals surface area contributed by atoms with Crippen LogP contribution < -0.4 is 76.5 Å². The molecule has 9 aromatic rings. The monoisotopic (exact) mass is 806 g/mol. The first kappa shape index (κ1) is 44.1. The number of rotatable bonds is 5. The first-order chi connectivity index (χ1) is 31.3. The fourth-order valence-electron chi connectivity index (χ4n) is 9.50. The summed E-state index contributed by atoms with van der Waals surface area (Å²) in [6.45, 7) is 4.52. The summed E-state index contributed by atoms with van der Waals surface area (Å²) in [6.07, 6.45) is 0. The van der Waals surface area contributed by atoms with Gasteiger partial charge in [-0.1, -0.05) is 112 Å². The van der Waals surface area contributed by atoms with Crippen molar-refractivity contribution < 1.29 is 0 Å². The van der Waals surface area contributed by atoms with Crippen LogP contribution in [0.2, 0.25) is 0 Å². The topological polar surface area (TPSA) is 43.6 Å². The molecule has 1 aliphatic rings. The molecule has 0 atom stereocenters. The Labute approximate surface area is 402 Å². The van der Waals surface area contributed by atoms with Gasteiger partial charge in [-0.25, -0.2) is 15.0 Å². The van der Waals surface area contributed by atoms with E-state index in [0.717, 1.165) is 27.5 Å². The minimum Gasteiger partial charge on any atom is -0.309 e. The van der Waals surface area contributed by atoms with Crippen LogP contribution in [0.3, 0.4) is 0 Å². The third-order valence-corrected chi connectivity index (χ3v) is 13.1. The second-order valence-electron chi connectivity index (χ2n) is 17.1. The molecule has 0 saturated heterocycles. The molecule has 0 spiro atoms. The Morgan fingerprint density at radius 3 is 1.39 bits per heavy atom. The predicted octanol–water partition coefficient (Wildman–Crippen LogP) is -4.94. The van der Waals surface area contributed by atoms with Gasteiger partial charge in [-0.15, -0.1) is 32.8 Å². The summed E-state index contributed by atoms with van der Waals surface area (Å²) in [4.78, 5) is 14.7. The number of fused-ring (bicyclic) bond motifs is 6. The lowest BCUT2D eigenvalue weighted by Gasteiger charge is -2.28. The SMILES string of the molecule is [B]c1c([B])c([B])c(-c2nc(-c3cccc(-n4c5ccccc5c5cc6c(cc54)C(C)(C)c4ccccc4-6)c3)nc(-c3c([B])c([B])c(-c4c([B])c([B])c([B])c([B])c4[B])c([B])c3[B])n2)c([B])c1[B]. The van der Waals surface area contributed by atoms with Crippen LogP contribution in [0.5, 0.6) is 0 Å². The molecule has 0 saturated carbocycles. The van der Waals surface area contributed by atoms with Crippen molar-refractivity contribution in [3.63, 3.8) is 0 Å². The van der Waals surface area contributed by atoms with Crippen molar-refractivity contribution in [1.29, 1.82) is 0 Å². The van der Waals surface area contributed by atoms with E-state index in [1.807, 2.05) is 36.4 Å². The van der Waals surface area contributed by atoms with Gasteiger partial charge in [0.1, 0.15) is 110 Å². The second-order valence-corrected chi connectivity index (χ2v) is 17.1. The summed E-state index contributed by atoms with van der Waals surface area (Å²) in [5, 5.41) is 2.20. The lowest BCUT2D eigenvalue weighted by Crippen LogP contribution is -2.57. The summed E-state index contributed by atoms with van der Waals surface area (Å²) < 4.78 is 2.23. The fraction of sp³-hybridized carbons (Fsp3) is 0.0625. The van der Waals surface area contributed by atoms with Crippen LogP contribution >= 0.6 is 0 Å². The Kier molecular flexibility index (Phi) is 10.5. The van der Waals surface area contributed by atoms with E-state index in [2.05, 4.69) is 66.9 Å². The zero-order valence-electron chi connectivity index (χ0n) is 36.0. The zero-order valence-corrected chi connectivity index (χ0v) is 36.0. The molecule has 0 N–H and O–H groups in total. The number of para-hydroxylation sites is 1. The fourth-order valence-corrected chi connectivity index (χ4v) is 9.50. The maximum atomic E-state index is 6.87. The standard InChI is InChI=1S/C48H20B14N4/c1-48(2)23-12-5-3-10-19(23)21-15-22-20-11-4-6-13-25(20)66(26(22)16-24(21)48)18-9-7-8-17(14-18)45-63-46(65-47(64-45)30-37(55)41(59)44(62)42(60)38(30)56)29-35(53)31(49)27(32(50)36(29)54)28-33(51)39(57)43(61)40(58)34(28)52/h3-16H,1-2H3. The molecule has 274 valence electrons. The van der Waals surface area contributed by atoms with E-state index in [9.17, 15) is 0 Å². The van der Waals surface area contributed by atoms with Gasteiger partial charge in [-0.3, -0.25) is 0 Å². The Hall–Kier alpha value is -5.74. The van der Waals surface area contributed by atoms with Crippen LogP contribution in [-0.4, -0.2) is 129 Å². The molecule has 1 aliphatic carbocycles. The molecule has 0 amide bonds. The van der Waals surface area contributed by atoms with Gasteiger partial charge < -0.3 is 4.57 Å². The van der Waals surface area contributed by atoms with Crippen LogP contribution in [-0.2, 0) is 5.41 Å². The van der Waals surface area contributed by atoms with Crippen molar-refractivity contribution in [3.05, 3.63) is 96.1 Å². The molecule has 2 aromatic heterocycles. The second kappa shape index (κ2) is 15.7. The van der Waals surface area contributed by atoms with Crippen molar-refractivity contribution in [2.24, 2.45) is 0 Å². The Balaban J connectivity index is 1.22. The third-order valence-electron chi connectivity index (χ3n) is 13.1. The normalized spacial score (nSPS) is 12.8. The van der Waals surface area contributed by atoms with Gasteiger partial charge in [0.2, 0.25) is 0 Å². The van der Waals surface area contributed by atoms with Crippen LogP contribution in [0.25, 0.3) is 83.9 Å². The average molecular weight is 804 g/mol. The highest BCUT2D eigenvalue weighted by Gasteiger charge is 2.36. The van der Waals surface area contributed by atoms with E-state index in [1.165, 1.54) is 22.3 Å². The number of hydrogen-bond donors (Lipinski definition) is 0. The molecular weight excluding hydrogens is 784 g/mol. The van der Waals surface area contributed by atoms with E-state index >= 15 is 0 Å². The molecule has 10 rings (SSSR count). The number of hydrogen-bond acceptors (Lipinski definition) is 3. The smallest absolute Gasteiger partial charge is 0.164 e.